The maximum Gasteiger partial charge on any atom is 0.134 e. The van der Waals surface area contributed by atoms with Crippen LogP contribution < -0.4 is 10.1 Å². The van der Waals surface area contributed by atoms with Gasteiger partial charge < -0.3 is 14.8 Å². The van der Waals surface area contributed by atoms with Crippen molar-refractivity contribution in [1.82, 2.24) is 5.32 Å². The van der Waals surface area contributed by atoms with Crippen LogP contribution in [0.1, 0.15) is 25.8 Å². The molecule has 0 heterocycles. The van der Waals surface area contributed by atoms with E-state index in [4.69, 9.17) is 9.47 Å². The maximum absolute atomic E-state index is 5.90. The summed E-state index contributed by atoms with van der Waals surface area (Å²) in [5, 5.41) is 3.28. The van der Waals surface area contributed by atoms with E-state index in [0.29, 0.717) is 6.61 Å². The van der Waals surface area contributed by atoms with Gasteiger partial charge in [0.25, 0.3) is 0 Å². The topological polar surface area (TPSA) is 30.5 Å². The van der Waals surface area contributed by atoms with Crippen LogP contribution in [-0.2, 0) is 11.2 Å². The standard InChI is InChI=1S/C15H25NO2/c1-4-6-13-7-9-14(10-8-13)18-15(12-17-3)11-16-5-2/h7-10,15-16H,4-6,11-12H2,1-3H3. The lowest BCUT2D eigenvalue weighted by Crippen LogP contribution is -2.34. The van der Waals surface area contributed by atoms with Gasteiger partial charge in [0.1, 0.15) is 11.9 Å². The quantitative estimate of drug-likeness (QED) is 0.732. The van der Waals surface area contributed by atoms with E-state index in [9.17, 15) is 0 Å². The summed E-state index contributed by atoms with van der Waals surface area (Å²) in [6, 6.07) is 8.35. The molecule has 3 heteroatoms. The average molecular weight is 251 g/mol. The number of ether oxygens (including phenoxy) is 2. The minimum Gasteiger partial charge on any atom is -0.487 e. The van der Waals surface area contributed by atoms with Crippen LogP contribution in [0.25, 0.3) is 0 Å². The van der Waals surface area contributed by atoms with E-state index in [1.807, 2.05) is 12.1 Å². The molecule has 0 saturated carbocycles. The van der Waals surface area contributed by atoms with Gasteiger partial charge in [-0.15, -0.1) is 0 Å². The molecule has 0 amide bonds. The van der Waals surface area contributed by atoms with Crippen molar-refractivity contribution < 1.29 is 9.47 Å². The molecule has 0 spiro atoms. The lowest BCUT2D eigenvalue weighted by atomic mass is 10.1. The van der Waals surface area contributed by atoms with E-state index in [1.165, 1.54) is 12.0 Å². The first kappa shape index (κ1) is 15.0. The first-order valence-electron chi connectivity index (χ1n) is 6.75. The van der Waals surface area contributed by atoms with Crippen molar-refractivity contribution in [3.63, 3.8) is 0 Å². The van der Waals surface area contributed by atoms with Gasteiger partial charge in [0.15, 0.2) is 0 Å². The SMILES string of the molecule is CCCc1ccc(OC(CNCC)COC)cc1. The Kier molecular flexibility index (Phi) is 7.46. The maximum atomic E-state index is 5.90. The van der Waals surface area contributed by atoms with E-state index in [0.717, 1.165) is 25.3 Å². The summed E-state index contributed by atoms with van der Waals surface area (Å²) < 4.78 is 11.1. The molecule has 1 rings (SSSR count). The molecule has 1 unspecified atom stereocenters. The summed E-state index contributed by atoms with van der Waals surface area (Å²) >= 11 is 0. The summed E-state index contributed by atoms with van der Waals surface area (Å²) in [6.07, 6.45) is 2.36. The number of hydrogen-bond donors (Lipinski definition) is 1. The van der Waals surface area contributed by atoms with Crippen molar-refractivity contribution in [3.05, 3.63) is 29.8 Å². The number of rotatable bonds is 9. The van der Waals surface area contributed by atoms with Gasteiger partial charge in [-0.1, -0.05) is 32.4 Å². The zero-order chi connectivity index (χ0) is 13.2. The lowest BCUT2D eigenvalue weighted by Gasteiger charge is -2.18. The summed E-state index contributed by atoms with van der Waals surface area (Å²) in [5.41, 5.74) is 1.36. The number of hydrogen-bond acceptors (Lipinski definition) is 3. The van der Waals surface area contributed by atoms with Crippen molar-refractivity contribution in [1.29, 1.82) is 0 Å². The highest BCUT2D eigenvalue weighted by molar-refractivity contribution is 5.27. The van der Waals surface area contributed by atoms with Crippen molar-refractivity contribution >= 4 is 0 Å². The largest absolute Gasteiger partial charge is 0.487 e. The van der Waals surface area contributed by atoms with Gasteiger partial charge in [-0.3, -0.25) is 0 Å². The fourth-order valence-corrected chi connectivity index (χ4v) is 1.84. The van der Waals surface area contributed by atoms with Crippen LogP contribution in [0, 0.1) is 0 Å². The molecule has 0 bridgehead atoms. The molecule has 18 heavy (non-hydrogen) atoms. The summed E-state index contributed by atoms with van der Waals surface area (Å²) in [4.78, 5) is 0. The molecule has 1 N–H and O–H groups in total. The highest BCUT2D eigenvalue weighted by Gasteiger charge is 2.09. The molecule has 0 aromatic heterocycles. The lowest BCUT2D eigenvalue weighted by molar-refractivity contribution is 0.0809. The molecule has 1 atom stereocenters. The molecule has 102 valence electrons. The molecule has 3 nitrogen and oxygen atoms in total. The van der Waals surface area contributed by atoms with Crippen molar-refractivity contribution in [2.45, 2.75) is 32.8 Å². The number of likely N-dealkylation sites (N-methyl/N-ethyl adjacent to an activating group) is 1. The van der Waals surface area contributed by atoms with Gasteiger partial charge in [0.05, 0.1) is 6.61 Å². The van der Waals surface area contributed by atoms with Crippen LogP contribution in [0.4, 0.5) is 0 Å². The molecule has 0 aliphatic heterocycles. The number of aryl methyl sites for hydroxylation is 1. The first-order chi connectivity index (χ1) is 8.80. The van der Waals surface area contributed by atoms with E-state index in [-0.39, 0.29) is 6.10 Å². The third kappa shape index (κ3) is 5.52. The summed E-state index contributed by atoms with van der Waals surface area (Å²) in [5.74, 6) is 0.912. The fourth-order valence-electron chi connectivity index (χ4n) is 1.84. The Labute approximate surface area is 110 Å². The highest BCUT2D eigenvalue weighted by atomic mass is 16.5. The van der Waals surface area contributed by atoms with Gasteiger partial charge in [-0.05, 0) is 30.7 Å². The zero-order valence-corrected chi connectivity index (χ0v) is 11.7. The fraction of sp³-hybridized carbons (Fsp3) is 0.600. The van der Waals surface area contributed by atoms with E-state index < -0.39 is 0 Å². The summed E-state index contributed by atoms with van der Waals surface area (Å²) in [6.45, 7) is 6.63. The Morgan fingerprint density at radius 2 is 1.89 bits per heavy atom. The Bertz CT molecular complexity index is 311. The molecule has 0 saturated heterocycles. The van der Waals surface area contributed by atoms with Crippen molar-refractivity contribution in [2.24, 2.45) is 0 Å². The average Bonchev–Trinajstić information content (AvgIpc) is 2.39. The van der Waals surface area contributed by atoms with Crippen LogP contribution in [0.2, 0.25) is 0 Å². The van der Waals surface area contributed by atoms with E-state index in [1.54, 1.807) is 7.11 Å². The van der Waals surface area contributed by atoms with Crippen LogP contribution in [0.3, 0.4) is 0 Å². The molecule has 0 aliphatic rings. The minimum atomic E-state index is 0.0620. The molecule has 0 fully saturated rings. The normalized spacial score (nSPS) is 12.4. The van der Waals surface area contributed by atoms with Crippen LogP contribution in [0.5, 0.6) is 5.75 Å². The zero-order valence-electron chi connectivity index (χ0n) is 11.7. The smallest absolute Gasteiger partial charge is 0.134 e. The Balaban J connectivity index is 2.51. The Morgan fingerprint density at radius 3 is 2.44 bits per heavy atom. The second kappa shape index (κ2) is 8.95. The second-order valence-electron chi connectivity index (χ2n) is 4.40. The van der Waals surface area contributed by atoms with Crippen LogP contribution in [0.15, 0.2) is 24.3 Å². The Morgan fingerprint density at radius 1 is 1.17 bits per heavy atom. The molecule has 1 aromatic carbocycles. The van der Waals surface area contributed by atoms with E-state index >= 15 is 0 Å². The van der Waals surface area contributed by atoms with Crippen LogP contribution >= 0.6 is 0 Å². The molecular formula is C15H25NO2. The number of methoxy groups -OCH3 is 1. The predicted octanol–water partition coefficient (Wildman–Crippen LogP) is 2.64. The monoisotopic (exact) mass is 251 g/mol. The number of nitrogens with one attached hydrogen (secondary N) is 1. The highest BCUT2D eigenvalue weighted by Crippen LogP contribution is 2.15. The van der Waals surface area contributed by atoms with Crippen molar-refractivity contribution in [2.75, 3.05) is 26.8 Å². The second-order valence-corrected chi connectivity index (χ2v) is 4.40. The van der Waals surface area contributed by atoms with Gasteiger partial charge in [-0.25, -0.2) is 0 Å². The summed E-state index contributed by atoms with van der Waals surface area (Å²) in [7, 11) is 1.70. The van der Waals surface area contributed by atoms with Gasteiger partial charge in [0, 0.05) is 13.7 Å². The number of benzene rings is 1. The van der Waals surface area contributed by atoms with Gasteiger partial charge in [-0.2, -0.15) is 0 Å². The van der Waals surface area contributed by atoms with E-state index in [2.05, 4.69) is 31.3 Å². The molecule has 0 radical (unpaired) electrons. The molecule has 1 aromatic rings. The van der Waals surface area contributed by atoms with Crippen LogP contribution in [-0.4, -0.2) is 32.9 Å². The molecular weight excluding hydrogens is 226 g/mol. The first-order valence-corrected chi connectivity index (χ1v) is 6.75. The van der Waals surface area contributed by atoms with Gasteiger partial charge >= 0.3 is 0 Å². The minimum absolute atomic E-state index is 0.0620. The third-order valence-corrected chi connectivity index (χ3v) is 2.74. The Hall–Kier alpha value is -1.06. The predicted molar refractivity (Wildman–Crippen MR) is 75.3 cm³/mol. The third-order valence-electron chi connectivity index (χ3n) is 2.74. The van der Waals surface area contributed by atoms with Gasteiger partial charge in [0.2, 0.25) is 0 Å². The van der Waals surface area contributed by atoms with Crippen molar-refractivity contribution in [3.8, 4) is 5.75 Å². The molecule has 0 aliphatic carbocycles.